The van der Waals surface area contributed by atoms with Crippen LogP contribution < -0.4 is 10.2 Å². The van der Waals surface area contributed by atoms with Crippen LogP contribution in [0.4, 0.5) is 4.79 Å². The fourth-order valence-electron chi connectivity index (χ4n) is 1.91. The van der Waals surface area contributed by atoms with E-state index in [1.54, 1.807) is 0 Å². The highest BCUT2D eigenvalue weighted by Gasteiger charge is 2.25. The molecule has 4 N–H and O–H groups in total. The first-order valence-electron chi connectivity index (χ1n) is 6.86. The molecule has 0 aliphatic rings. The van der Waals surface area contributed by atoms with Crippen LogP contribution in [0.1, 0.15) is 5.69 Å². The molecule has 2 aromatic rings. The average Bonchev–Trinajstić information content (AvgIpc) is 3.08. The van der Waals surface area contributed by atoms with Gasteiger partial charge in [-0.25, -0.2) is 9.78 Å². The molecule has 0 aliphatic carbocycles. The van der Waals surface area contributed by atoms with Crippen LogP contribution in [0.15, 0.2) is 24.7 Å². The molecule has 10 nitrogen and oxygen atoms in total. The van der Waals surface area contributed by atoms with Crippen molar-refractivity contribution < 1.29 is 29.7 Å². The maximum Gasteiger partial charge on any atom is 0.414 e. The smallest absolute Gasteiger partial charge is 0.414 e. The van der Waals surface area contributed by atoms with Crippen LogP contribution in [0.3, 0.4) is 0 Å². The number of hydrogen-bond acceptors (Lipinski definition) is 7. The molecule has 0 saturated heterocycles. The minimum atomic E-state index is -1.22. The summed E-state index contributed by atoms with van der Waals surface area (Å²) >= 11 is 0. The van der Waals surface area contributed by atoms with Crippen molar-refractivity contribution in [3.05, 3.63) is 30.4 Å². The molecule has 1 unspecified atom stereocenters. The summed E-state index contributed by atoms with van der Waals surface area (Å²) in [7, 11) is 4.23. The van der Waals surface area contributed by atoms with E-state index in [0.717, 1.165) is 12.1 Å². The molecule has 2 radical (unpaired) electrons. The summed E-state index contributed by atoms with van der Waals surface area (Å²) in [5.41, 5.74) is 0.382. The molecule has 2 rings (SSSR count). The second-order valence-electron chi connectivity index (χ2n) is 4.96. The number of hydrogen-bond donors (Lipinski definition) is 4. The first-order valence-corrected chi connectivity index (χ1v) is 6.86. The highest BCUT2D eigenvalue weighted by molar-refractivity contribution is 6.57. The molecule has 0 bridgehead atoms. The zero-order valence-electron chi connectivity index (χ0n) is 12.7. The summed E-state index contributed by atoms with van der Waals surface area (Å²) < 4.78 is 1.89. The van der Waals surface area contributed by atoms with E-state index in [4.69, 9.17) is 12.7 Å². The second kappa shape index (κ2) is 7.13. The Morgan fingerprint density at radius 2 is 2.04 bits per heavy atom. The summed E-state index contributed by atoms with van der Waals surface area (Å²) in [5.74, 6) is -2.95. The van der Waals surface area contributed by atoms with E-state index in [2.05, 4.69) is 10.3 Å². The fraction of sp³-hybridized carbons (Fsp3) is 0.250. The Balaban J connectivity index is 2.14. The van der Waals surface area contributed by atoms with E-state index in [9.17, 15) is 24.8 Å². The first-order chi connectivity index (χ1) is 11.3. The fourth-order valence-corrected chi connectivity index (χ4v) is 1.91. The third-order valence-electron chi connectivity index (χ3n) is 3.08. The highest BCUT2D eigenvalue weighted by atomic mass is 16.7. The predicted octanol–water partition coefficient (Wildman–Crippen LogP) is -1.50. The van der Waals surface area contributed by atoms with Gasteiger partial charge >= 0.3 is 13.0 Å². The van der Waals surface area contributed by atoms with Crippen molar-refractivity contribution in [1.29, 1.82) is 0 Å². The van der Waals surface area contributed by atoms with Gasteiger partial charge in [0.05, 0.1) is 12.0 Å². The monoisotopic (exact) mass is 332 g/mol. The second-order valence-corrected chi connectivity index (χ2v) is 4.96. The Kier molecular flexibility index (Phi) is 5.19. The molecule has 2 aromatic heterocycles. The van der Waals surface area contributed by atoms with Crippen molar-refractivity contribution in [1.82, 2.24) is 19.5 Å². The average molecular weight is 332 g/mol. The van der Waals surface area contributed by atoms with Crippen molar-refractivity contribution in [2.75, 3.05) is 0 Å². The van der Waals surface area contributed by atoms with Crippen molar-refractivity contribution in [2.45, 2.75) is 19.3 Å². The van der Waals surface area contributed by atoms with E-state index in [1.807, 2.05) is 0 Å². The number of carbonyl (C=O) groups excluding carboxylic acids is 2. The van der Waals surface area contributed by atoms with Crippen molar-refractivity contribution in [3.8, 4) is 11.8 Å². The van der Waals surface area contributed by atoms with Crippen LogP contribution in [0.2, 0.25) is 6.82 Å². The molecule has 1 atom stereocenters. The van der Waals surface area contributed by atoms with Gasteiger partial charge in [-0.2, -0.15) is 0 Å². The van der Waals surface area contributed by atoms with E-state index >= 15 is 0 Å². The van der Waals surface area contributed by atoms with Gasteiger partial charge in [0, 0.05) is 24.8 Å². The van der Waals surface area contributed by atoms with Crippen molar-refractivity contribution in [2.24, 2.45) is 0 Å². The van der Waals surface area contributed by atoms with Gasteiger partial charge in [-0.15, -0.1) is 4.73 Å². The molecule has 1 amide bonds. The van der Waals surface area contributed by atoms with E-state index in [-0.39, 0.29) is 6.42 Å². The van der Waals surface area contributed by atoms with E-state index in [0.29, 0.717) is 10.4 Å². The van der Waals surface area contributed by atoms with Gasteiger partial charge in [0.15, 0.2) is 5.81 Å². The van der Waals surface area contributed by atoms with Gasteiger partial charge in [0.25, 0.3) is 0 Å². The lowest BCUT2D eigenvalue weighted by molar-refractivity contribution is -0.147. The van der Waals surface area contributed by atoms with Gasteiger partial charge in [-0.05, 0) is 6.82 Å². The lowest BCUT2D eigenvalue weighted by Crippen LogP contribution is -2.45. The zero-order valence-corrected chi connectivity index (χ0v) is 12.7. The first kappa shape index (κ1) is 17.5. The largest absolute Gasteiger partial charge is 0.492 e. The van der Waals surface area contributed by atoms with Crippen molar-refractivity contribution in [3.63, 3.8) is 0 Å². The van der Waals surface area contributed by atoms with Crippen LogP contribution in [-0.2, 0) is 11.2 Å². The highest BCUT2D eigenvalue weighted by Crippen LogP contribution is 2.19. The van der Waals surface area contributed by atoms with Gasteiger partial charge in [0.1, 0.15) is 6.04 Å². The summed E-state index contributed by atoms with van der Waals surface area (Å²) in [4.78, 5) is 32.1. The zero-order chi connectivity index (χ0) is 17.9. The molecule has 0 spiro atoms. The number of nitrogens with zero attached hydrogens (tertiary/aromatic N) is 3. The molecule has 24 heavy (non-hydrogen) atoms. The molecular formula is C12H14B2N4O6. The summed E-state index contributed by atoms with van der Waals surface area (Å²) in [5, 5.41) is 30.6. The third kappa shape index (κ3) is 4.10. The van der Waals surface area contributed by atoms with Crippen molar-refractivity contribution >= 4 is 26.7 Å². The van der Waals surface area contributed by atoms with Crippen LogP contribution in [0.25, 0.3) is 0 Å². The quantitative estimate of drug-likeness (QED) is 0.472. The Morgan fingerprint density at radius 1 is 1.42 bits per heavy atom. The van der Waals surface area contributed by atoms with Gasteiger partial charge in [0.2, 0.25) is 19.6 Å². The number of nitrogens with one attached hydrogen (secondary N) is 1. The SMILES string of the molecule is [B]C(=O)NC(Cc1cn(B(C)O)cn1)C(=O)On1c(O)ccc1O. The molecular weight excluding hydrogens is 318 g/mol. The maximum atomic E-state index is 12.2. The number of imidazole rings is 1. The van der Waals surface area contributed by atoms with Gasteiger partial charge in [-0.3, -0.25) is 4.79 Å². The Morgan fingerprint density at radius 3 is 2.54 bits per heavy atom. The maximum absolute atomic E-state index is 12.2. The van der Waals surface area contributed by atoms with Crippen LogP contribution >= 0.6 is 0 Å². The molecule has 12 heteroatoms. The van der Waals surface area contributed by atoms with Gasteiger partial charge in [-0.1, -0.05) is 0 Å². The lowest BCUT2D eigenvalue weighted by atomic mass is 9.88. The molecule has 0 aromatic carbocycles. The number of rotatable bonds is 6. The molecule has 2 heterocycles. The Labute approximate surface area is 138 Å². The summed E-state index contributed by atoms with van der Waals surface area (Å²) in [6, 6.07) is 1.01. The summed E-state index contributed by atoms with van der Waals surface area (Å²) in [6.07, 6.45) is 2.76. The molecule has 0 fully saturated rings. The van der Waals surface area contributed by atoms with Gasteiger partial charge < -0.3 is 29.9 Å². The van der Waals surface area contributed by atoms with Crippen LogP contribution in [0.5, 0.6) is 11.8 Å². The van der Waals surface area contributed by atoms with E-state index in [1.165, 1.54) is 23.8 Å². The predicted molar refractivity (Wildman–Crippen MR) is 82.6 cm³/mol. The van der Waals surface area contributed by atoms with Crippen LogP contribution in [0, 0.1) is 0 Å². The van der Waals surface area contributed by atoms with Crippen LogP contribution in [-0.4, -0.2) is 62.1 Å². The minimum Gasteiger partial charge on any atom is -0.492 e. The summed E-state index contributed by atoms with van der Waals surface area (Å²) in [6.45, 7) is 1.52. The third-order valence-corrected chi connectivity index (χ3v) is 3.08. The Bertz CT molecular complexity index is 724. The molecule has 0 aliphatic heterocycles. The topological polar surface area (TPSA) is 139 Å². The van der Waals surface area contributed by atoms with E-state index < -0.39 is 36.6 Å². The number of amides is 1. The number of aromatic hydroxyl groups is 2. The Hall–Kier alpha value is -2.88. The standard InChI is InChI=1S/C12H14B2N4O6/c1-14(23)17-5-7(15-6-17)4-8(16-12(13)22)11(21)24-18-9(19)2-3-10(18)20/h2-3,5-6,8,19-20,23H,4H2,1H3,(H,16,22). The molecule has 0 saturated carbocycles. The lowest BCUT2D eigenvalue weighted by Gasteiger charge is -2.16. The number of aromatic nitrogens is 3. The minimum absolute atomic E-state index is 0.0791. The molecule has 124 valence electrons. The number of carbonyl (C=O) groups is 2. The normalized spacial score (nSPS) is 11.8.